The number of aryl methyl sites for hydroxylation is 1. The molecule has 21 heavy (non-hydrogen) atoms. The van der Waals surface area contributed by atoms with E-state index in [0.29, 0.717) is 5.92 Å². The van der Waals surface area contributed by atoms with Gasteiger partial charge >= 0.3 is 0 Å². The van der Waals surface area contributed by atoms with E-state index in [2.05, 4.69) is 27.1 Å². The smallest absolute Gasteiger partial charge is 0.132 e. The van der Waals surface area contributed by atoms with E-state index in [1.807, 2.05) is 0 Å². The third-order valence-electron chi connectivity index (χ3n) is 4.76. The fourth-order valence-corrected chi connectivity index (χ4v) is 3.59. The van der Waals surface area contributed by atoms with E-state index in [9.17, 15) is 0 Å². The van der Waals surface area contributed by atoms with Crippen LogP contribution in [0.3, 0.4) is 0 Å². The molecule has 0 saturated carbocycles. The second-order valence-electron chi connectivity index (χ2n) is 6.70. The standard InChI is InChI=1S/C17H28N4/c1-14(12-21-9-5-2-6-10-21)11-18-17-15-7-3-4-8-16(15)19-13-20-17/h13-14H,2-12H2,1H3,(H,18,19,20). The number of anilines is 1. The Morgan fingerprint density at radius 3 is 2.76 bits per heavy atom. The van der Waals surface area contributed by atoms with Gasteiger partial charge in [-0.1, -0.05) is 13.3 Å². The van der Waals surface area contributed by atoms with Crippen molar-refractivity contribution in [2.24, 2.45) is 5.92 Å². The molecule has 1 unspecified atom stereocenters. The van der Waals surface area contributed by atoms with Gasteiger partial charge in [0.05, 0.1) is 0 Å². The molecule has 4 heteroatoms. The molecule has 1 aromatic heterocycles. The minimum atomic E-state index is 0.664. The third kappa shape index (κ3) is 3.94. The van der Waals surface area contributed by atoms with Gasteiger partial charge in [-0.3, -0.25) is 0 Å². The lowest BCUT2D eigenvalue weighted by atomic mass is 9.96. The van der Waals surface area contributed by atoms with E-state index in [-0.39, 0.29) is 0 Å². The molecule has 0 aromatic carbocycles. The number of hydrogen-bond acceptors (Lipinski definition) is 4. The molecule has 0 amide bonds. The summed E-state index contributed by atoms with van der Waals surface area (Å²) >= 11 is 0. The van der Waals surface area contributed by atoms with E-state index >= 15 is 0 Å². The van der Waals surface area contributed by atoms with Crippen LogP contribution in [-0.2, 0) is 12.8 Å². The minimum Gasteiger partial charge on any atom is -0.369 e. The molecule has 0 spiro atoms. The summed E-state index contributed by atoms with van der Waals surface area (Å²) in [5.74, 6) is 1.75. The lowest BCUT2D eigenvalue weighted by Crippen LogP contribution is -2.35. The van der Waals surface area contributed by atoms with Crippen molar-refractivity contribution < 1.29 is 0 Å². The molecule has 2 heterocycles. The van der Waals surface area contributed by atoms with E-state index < -0.39 is 0 Å². The Kier molecular flexibility index (Phi) is 5.07. The van der Waals surface area contributed by atoms with Crippen LogP contribution in [0.5, 0.6) is 0 Å². The molecule has 1 aromatic rings. The van der Waals surface area contributed by atoms with Crippen molar-refractivity contribution in [1.29, 1.82) is 0 Å². The summed E-state index contributed by atoms with van der Waals surface area (Å²) < 4.78 is 0. The average molecular weight is 288 g/mol. The monoisotopic (exact) mass is 288 g/mol. The second kappa shape index (κ2) is 7.21. The summed E-state index contributed by atoms with van der Waals surface area (Å²) in [5.41, 5.74) is 2.64. The summed E-state index contributed by atoms with van der Waals surface area (Å²) in [6, 6.07) is 0. The van der Waals surface area contributed by atoms with Gasteiger partial charge < -0.3 is 10.2 Å². The Balaban J connectivity index is 1.52. The molecule has 1 aliphatic carbocycles. The summed E-state index contributed by atoms with van der Waals surface area (Å²) in [5, 5.41) is 3.58. The first-order chi connectivity index (χ1) is 10.3. The maximum Gasteiger partial charge on any atom is 0.132 e. The summed E-state index contributed by atoms with van der Waals surface area (Å²) in [7, 11) is 0. The maximum atomic E-state index is 4.47. The molecule has 116 valence electrons. The highest BCUT2D eigenvalue weighted by atomic mass is 15.1. The molecule has 0 bridgehead atoms. The SMILES string of the molecule is CC(CNc1ncnc2c1CCCC2)CN1CCCCC1. The molecule has 2 aliphatic rings. The Morgan fingerprint density at radius 1 is 1.10 bits per heavy atom. The van der Waals surface area contributed by atoms with Crippen molar-refractivity contribution >= 4 is 5.82 Å². The van der Waals surface area contributed by atoms with Crippen LogP contribution in [0, 0.1) is 5.92 Å². The van der Waals surface area contributed by atoms with Crippen molar-refractivity contribution in [2.45, 2.75) is 51.9 Å². The number of nitrogens with zero attached hydrogens (tertiary/aromatic N) is 3. The zero-order valence-electron chi connectivity index (χ0n) is 13.3. The molecule has 1 saturated heterocycles. The molecular weight excluding hydrogens is 260 g/mol. The van der Waals surface area contributed by atoms with Crippen LogP contribution < -0.4 is 5.32 Å². The van der Waals surface area contributed by atoms with E-state index in [4.69, 9.17) is 0 Å². The highest BCUT2D eigenvalue weighted by Crippen LogP contribution is 2.24. The predicted molar refractivity (Wildman–Crippen MR) is 86.6 cm³/mol. The Bertz CT molecular complexity index is 454. The van der Waals surface area contributed by atoms with Crippen LogP contribution in [0.2, 0.25) is 0 Å². The molecule has 1 fully saturated rings. The molecule has 3 rings (SSSR count). The van der Waals surface area contributed by atoms with Gasteiger partial charge in [-0.15, -0.1) is 0 Å². The molecule has 1 atom stereocenters. The highest BCUT2D eigenvalue weighted by Gasteiger charge is 2.17. The van der Waals surface area contributed by atoms with E-state index in [1.54, 1.807) is 6.33 Å². The zero-order chi connectivity index (χ0) is 14.5. The molecule has 0 radical (unpaired) electrons. The Morgan fingerprint density at radius 2 is 1.90 bits per heavy atom. The quantitative estimate of drug-likeness (QED) is 0.904. The van der Waals surface area contributed by atoms with Crippen molar-refractivity contribution in [1.82, 2.24) is 14.9 Å². The Labute approximate surface area is 128 Å². The topological polar surface area (TPSA) is 41.1 Å². The van der Waals surface area contributed by atoms with Gasteiger partial charge in [-0.25, -0.2) is 9.97 Å². The Hall–Kier alpha value is -1.16. The molecule has 1 N–H and O–H groups in total. The number of hydrogen-bond donors (Lipinski definition) is 1. The number of fused-ring (bicyclic) bond motifs is 1. The summed E-state index contributed by atoms with van der Waals surface area (Å²) in [6.07, 6.45) is 10.7. The zero-order valence-corrected chi connectivity index (χ0v) is 13.3. The molecule has 4 nitrogen and oxygen atoms in total. The van der Waals surface area contributed by atoms with Crippen LogP contribution in [0.1, 0.15) is 50.3 Å². The summed E-state index contributed by atoms with van der Waals surface area (Å²) in [6.45, 7) is 7.13. The van der Waals surface area contributed by atoms with Gasteiger partial charge in [0.15, 0.2) is 0 Å². The largest absolute Gasteiger partial charge is 0.369 e. The first-order valence-corrected chi connectivity index (χ1v) is 8.62. The fourth-order valence-electron chi connectivity index (χ4n) is 3.59. The van der Waals surface area contributed by atoms with Crippen LogP contribution in [0.15, 0.2) is 6.33 Å². The van der Waals surface area contributed by atoms with Crippen LogP contribution in [-0.4, -0.2) is 41.0 Å². The summed E-state index contributed by atoms with van der Waals surface area (Å²) in [4.78, 5) is 11.5. The first-order valence-electron chi connectivity index (χ1n) is 8.62. The molecule has 1 aliphatic heterocycles. The van der Waals surface area contributed by atoms with Crippen molar-refractivity contribution in [2.75, 3.05) is 31.5 Å². The number of likely N-dealkylation sites (tertiary alicyclic amines) is 1. The van der Waals surface area contributed by atoms with E-state index in [1.165, 1.54) is 63.0 Å². The van der Waals surface area contributed by atoms with Gasteiger partial charge in [0, 0.05) is 24.3 Å². The van der Waals surface area contributed by atoms with Crippen molar-refractivity contribution in [3.8, 4) is 0 Å². The normalized spacial score (nSPS) is 20.8. The van der Waals surface area contributed by atoms with Crippen molar-refractivity contribution in [3.63, 3.8) is 0 Å². The lowest BCUT2D eigenvalue weighted by Gasteiger charge is -2.29. The number of piperidine rings is 1. The van der Waals surface area contributed by atoms with Gasteiger partial charge in [0.25, 0.3) is 0 Å². The van der Waals surface area contributed by atoms with Gasteiger partial charge in [0.1, 0.15) is 12.1 Å². The maximum absolute atomic E-state index is 4.47. The lowest BCUT2D eigenvalue weighted by molar-refractivity contribution is 0.204. The minimum absolute atomic E-state index is 0.664. The second-order valence-corrected chi connectivity index (χ2v) is 6.70. The number of aromatic nitrogens is 2. The predicted octanol–water partition coefficient (Wildman–Crippen LogP) is 2.89. The highest BCUT2D eigenvalue weighted by molar-refractivity contribution is 5.46. The van der Waals surface area contributed by atoms with Crippen LogP contribution in [0.4, 0.5) is 5.82 Å². The van der Waals surface area contributed by atoms with Gasteiger partial charge in [-0.2, -0.15) is 0 Å². The first kappa shape index (κ1) is 14.8. The fraction of sp³-hybridized carbons (Fsp3) is 0.765. The van der Waals surface area contributed by atoms with Gasteiger partial charge in [-0.05, 0) is 57.5 Å². The van der Waals surface area contributed by atoms with Gasteiger partial charge in [0.2, 0.25) is 0 Å². The molecular formula is C17H28N4. The van der Waals surface area contributed by atoms with Crippen LogP contribution in [0.25, 0.3) is 0 Å². The number of rotatable bonds is 5. The third-order valence-corrected chi connectivity index (χ3v) is 4.76. The number of nitrogens with one attached hydrogen (secondary N) is 1. The van der Waals surface area contributed by atoms with Crippen molar-refractivity contribution in [3.05, 3.63) is 17.6 Å². The van der Waals surface area contributed by atoms with Crippen LogP contribution >= 0.6 is 0 Å². The average Bonchev–Trinajstić information content (AvgIpc) is 2.54. The van der Waals surface area contributed by atoms with E-state index in [0.717, 1.165) is 25.2 Å².